The first-order valence-electron chi connectivity index (χ1n) is 8.15. The van der Waals surface area contributed by atoms with E-state index in [1.54, 1.807) is 17.0 Å². The van der Waals surface area contributed by atoms with Crippen molar-refractivity contribution in [1.82, 2.24) is 4.90 Å². The molecule has 0 atom stereocenters. The van der Waals surface area contributed by atoms with E-state index in [0.717, 1.165) is 0 Å². The van der Waals surface area contributed by atoms with Crippen LogP contribution in [0.5, 0.6) is 0 Å². The second-order valence-corrected chi connectivity index (χ2v) is 6.05. The van der Waals surface area contributed by atoms with Crippen LogP contribution in [0.4, 0.5) is 14.5 Å². The van der Waals surface area contributed by atoms with Crippen molar-refractivity contribution < 1.29 is 18.4 Å². The van der Waals surface area contributed by atoms with E-state index in [2.05, 4.69) is 5.32 Å². The van der Waals surface area contributed by atoms with E-state index in [9.17, 15) is 18.4 Å². The monoisotopic (exact) mass is 344 g/mol. The predicted octanol–water partition coefficient (Wildman–Crippen LogP) is 3.46. The van der Waals surface area contributed by atoms with Gasteiger partial charge in [0.15, 0.2) is 0 Å². The molecule has 130 valence electrons. The molecule has 2 aromatic rings. The number of piperidine rings is 1. The van der Waals surface area contributed by atoms with Gasteiger partial charge in [0.1, 0.15) is 11.6 Å². The number of carbonyl (C=O) groups is 2. The Labute approximate surface area is 144 Å². The number of halogens is 2. The van der Waals surface area contributed by atoms with E-state index in [4.69, 9.17) is 0 Å². The Morgan fingerprint density at radius 3 is 2.40 bits per heavy atom. The molecule has 1 heterocycles. The Balaban J connectivity index is 1.57. The van der Waals surface area contributed by atoms with Crippen molar-refractivity contribution in [3.05, 3.63) is 65.7 Å². The zero-order chi connectivity index (χ0) is 17.8. The Bertz CT molecular complexity index is 786. The molecule has 4 nitrogen and oxygen atoms in total. The number of carbonyl (C=O) groups excluding carboxylic acids is 2. The Morgan fingerprint density at radius 2 is 1.72 bits per heavy atom. The van der Waals surface area contributed by atoms with Crippen molar-refractivity contribution >= 4 is 17.5 Å². The van der Waals surface area contributed by atoms with Gasteiger partial charge in [-0.3, -0.25) is 9.59 Å². The molecular formula is C19H18F2N2O2. The van der Waals surface area contributed by atoms with E-state index in [-0.39, 0.29) is 23.3 Å². The average Bonchev–Trinajstić information content (AvgIpc) is 2.62. The lowest BCUT2D eigenvalue weighted by atomic mass is 9.95. The summed E-state index contributed by atoms with van der Waals surface area (Å²) in [5.41, 5.74) is 0.458. The second kappa shape index (κ2) is 7.42. The molecule has 0 bridgehead atoms. The molecule has 0 spiro atoms. The third-order valence-electron chi connectivity index (χ3n) is 4.35. The summed E-state index contributed by atoms with van der Waals surface area (Å²) in [5.74, 6) is -1.76. The minimum absolute atomic E-state index is 0.0464. The summed E-state index contributed by atoms with van der Waals surface area (Å²) in [6, 6.07) is 11.6. The average molecular weight is 344 g/mol. The van der Waals surface area contributed by atoms with Crippen molar-refractivity contribution in [2.24, 2.45) is 5.92 Å². The van der Waals surface area contributed by atoms with Gasteiger partial charge in [0.05, 0.1) is 5.56 Å². The summed E-state index contributed by atoms with van der Waals surface area (Å²) in [7, 11) is 0. The van der Waals surface area contributed by atoms with Gasteiger partial charge in [0, 0.05) is 24.7 Å². The van der Waals surface area contributed by atoms with Crippen molar-refractivity contribution in [3.8, 4) is 0 Å². The summed E-state index contributed by atoms with van der Waals surface area (Å²) >= 11 is 0. The lowest BCUT2D eigenvalue weighted by Crippen LogP contribution is -2.41. The minimum Gasteiger partial charge on any atom is -0.339 e. The first-order valence-corrected chi connectivity index (χ1v) is 8.15. The van der Waals surface area contributed by atoms with Gasteiger partial charge < -0.3 is 10.2 Å². The van der Waals surface area contributed by atoms with Crippen LogP contribution in [0.25, 0.3) is 0 Å². The highest BCUT2D eigenvalue weighted by molar-refractivity contribution is 5.95. The SMILES string of the molecule is O=C(Nc1cccc(F)c1)C1CCN(C(=O)c2ccccc2F)CC1. The van der Waals surface area contributed by atoms with Crippen molar-refractivity contribution in [1.29, 1.82) is 0 Å². The first kappa shape index (κ1) is 17.1. The van der Waals surface area contributed by atoms with E-state index in [0.29, 0.717) is 31.6 Å². The summed E-state index contributed by atoms with van der Waals surface area (Å²) in [4.78, 5) is 26.2. The number of benzene rings is 2. The number of rotatable bonds is 3. The molecule has 6 heteroatoms. The number of likely N-dealkylation sites (tertiary alicyclic amines) is 1. The van der Waals surface area contributed by atoms with Gasteiger partial charge in [-0.25, -0.2) is 8.78 Å². The topological polar surface area (TPSA) is 49.4 Å². The lowest BCUT2D eigenvalue weighted by molar-refractivity contribution is -0.121. The number of hydrogen-bond acceptors (Lipinski definition) is 2. The molecule has 1 saturated heterocycles. The number of anilines is 1. The summed E-state index contributed by atoms with van der Waals surface area (Å²) in [5, 5.41) is 2.69. The van der Waals surface area contributed by atoms with Crippen LogP contribution in [0.15, 0.2) is 48.5 Å². The predicted molar refractivity (Wildman–Crippen MR) is 90.1 cm³/mol. The fourth-order valence-electron chi connectivity index (χ4n) is 2.96. The van der Waals surface area contributed by atoms with Crippen LogP contribution in [-0.4, -0.2) is 29.8 Å². The van der Waals surface area contributed by atoms with E-state index >= 15 is 0 Å². The van der Waals surface area contributed by atoms with Crippen LogP contribution in [0.1, 0.15) is 23.2 Å². The Kier molecular flexibility index (Phi) is 5.07. The van der Waals surface area contributed by atoms with Gasteiger partial charge in [-0.05, 0) is 43.2 Å². The molecule has 0 unspecified atom stereocenters. The third-order valence-corrected chi connectivity index (χ3v) is 4.35. The standard InChI is InChI=1S/C19H18F2N2O2/c20-14-4-3-5-15(12-14)22-18(24)13-8-10-23(11-9-13)19(25)16-6-1-2-7-17(16)21/h1-7,12-13H,8-11H2,(H,22,24). The molecule has 0 aliphatic carbocycles. The molecule has 2 amide bonds. The summed E-state index contributed by atoms with van der Waals surface area (Å²) < 4.78 is 26.9. The van der Waals surface area contributed by atoms with E-state index < -0.39 is 11.6 Å². The van der Waals surface area contributed by atoms with Crippen LogP contribution >= 0.6 is 0 Å². The van der Waals surface area contributed by atoms with E-state index in [1.807, 2.05) is 0 Å². The number of nitrogens with one attached hydrogen (secondary N) is 1. The number of hydrogen-bond donors (Lipinski definition) is 1. The quantitative estimate of drug-likeness (QED) is 0.927. The Hall–Kier alpha value is -2.76. The van der Waals surface area contributed by atoms with Crippen LogP contribution in [0.2, 0.25) is 0 Å². The maximum atomic E-state index is 13.7. The van der Waals surface area contributed by atoms with Gasteiger partial charge in [-0.15, -0.1) is 0 Å². The highest BCUT2D eigenvalue weighted by Gasteiger charge is 2.28. The zero-order valence-electron chi connectivity index (χ0n) is 13.5. The zero-order valence-corrected chi connectivity index (χ0v) is 13.5. The molecule has 1 fully saturated rings. The highest BCUT2D eigenvalue weighted by Crippen LogP contribution is 2.22. The minimum atomic E-state index is -0.543. The summed E-state index contributed by atoms with van der Waals surface area (Å²) in [6.07, 6.45) is 0.975. The molecule has 3 rings (SSSR count). The van der Waals surface area contributed by atoms with Crippen LogP contribution in [-0.2, 0) is 4.79 Å². The molecule has 1 aliphatic rings. The molecule has 1 aliphatic heterocycles. The number of nitrogens with zero attached hydrogens (tertiary/aromatic N) is 1. The van der Waals surface area contributed by atoms with Gasteiger partial charge in [-0.1, -0.05) is 18.2 Å². The Morgan fingerprint density at radius 1 is 1.00 bits per heavy atom. The molecular weight excluding hydrogens is 326 g/mol. The maximum Gasteiger partial charge on any atom is 0.256 e. The summed E-state index contributed by atoms with van der Waals surface area (Å²) in [6.45, 7) is 0.767. The first-order chi connectivity index (χ1) is 12.0. The molecule has 25 heavy (non-hydrogen) atoms. The van der Waals surface area contributed by atoms with Gasteiger partial charge >= 0.3 is 0 Å². The second-order valence-electron chi connectivity index (χ2n) is 6.05. The molecule has 0 aromatic heterocycles. The smallest absolute Gasteiger partial charge is 0.256 e. The van der Waals surface area contributed by atoms with Crippen molar-refractivity contribution in [3.63, 3.8) is 0 Å². The molecule has 0 radical (unpaired) electrons. The highest BCUT2D eigenvalue weighted by atomic mass is 19.1. The fraction of sp³-hybridized carbons (Fsp3) is 0.263. The number of amides is 2. The molecule has 2 aromatic carbocycles. The fourth-order valence-corrected chi connectivity index (χ4v) is 2.96. The van der Waals surface area contributed by atoms with Gasteiger partial charge in [0.2, 0.25) is 5.91 Å². The maximum absolute atomic E-state index is 13.7. The molecule has 0 saturated carbocycles. The normalized spacial score (nSPS) is 15.0. The van der Waals surface area contributed by atoms with Crippen molar-refractivity contribution in [2.75, 3.05) is 18.4 Å². The van der Waals surface area contributed by atoms with Crippen LogP contribution in [0.3, 0.4) is 0 Å². The van der Waals surface area contributed by atoms with Gasteiger partial charge in [-0.2, -0.15) is 0 Å². The largest absolute Gasteiger partial charge is 0.339 e. The van der Waals surface area contributed by atoms with Gasteiger partial charge in [0.25, 0.3) is 5.91 Å². The molecule has 1 N–H and O–H groups in total. The van der Waals surface area contributed by atoms with E-state index in [1.165, 1.54) is 36.4 Å². The van der Waals surface area contributed by atoms with Crippen LogP contribution < -0.4 is 5.32 Å². The van der Waals surface area contributed by atoms with Crippen LogP contribution in [0, 0.1) is 17.6 Å². The van der Waals surface area contributed by atoms with Crippen molar-refractivity contribution in [2.45, 2.75) is 12.8 Å². The third kappa shape index (κ3) is 4.02. The lowest BCUT2D eigenvalue weighted by Gasteiger charge is -2.31.